The van der Waals surface area contributed by atoms with Crippen LogP contribution in [0.5, 0.6) is 5.75 Å². The second-order valence-corrected chi connectivity index (χ2v) is 4.82. The van der Waals surface area contributed by atoms with Gasteiger partial charge in [-0.15, -0.1) is 0 Å². The molecule has 0 atom stereocenters. The van der Waals surface area contributed by atoms with Crippen LogP contribution in [-0.4, -0.2) is 17.9 Å². The van der Waals surface area contributed by atoms with E-state index in [9.17, 15) is 4.79 Å². The number of benzene rings is 1. The van der Waals surface area contributed by atoms with Gasteiger partial charge in [-0.05, 0) is 36.8 Å². The lowest BCUT2D eigenvalue weighted by Gasteiger charge is -2.09. The molecule has 0 aliphatic heterocycles. The Hall–Kier alpha value is -1.87. The average molecular weight is 290 g/mol. The molecule has 2 aromatic rings. The molecule has 0 radical (unpaired) electrons. The summed E-state index contributed by atoms with van der Waals surface area (Å²) in [5, 5.41) is 0.553. The van der Waals surface area contributed by atoms with Crippen LogP contribution in [0.3, 0.4) is 0 Å². The predicted octanol–water partition coefficient (Wildman–Crippen LogP) is 4.39. The lowest BCUT2D eigenvalue weighted by molar-refractivity contribution is 0.111. The second kappa shape index (κ2) is 7.06. The Morgan fingerprint density at radius 3 is 2.85 bits per heavy atom. The van der Waals surface area contributed by atoms with Crippen LogP contribution in [0.15, 0.2) is 36.4 Å². The summed E-state index contributed by atoms with van der Waals surface area (Å²) < 4.78 is 5.60. The number of ether oxygens (including phenoxy) is 1. The van der Waals surface area contributed by atoms with Crippen LogP contribution in [0.25, 0.3) is 11.3 Å². The monoisotopic (exact) mass is 289 g/mol. The standard InChI is InChI=1S/C16H16ClNO2/c1-2-3-9-20-16-8-7-12(10-14(16)17)15-6-4-5-13(11-19)18-15/h4-8,10-11H,2-3,9H2,1H3. The van der Waals surface area contributed by atoms with Crippen molar-refractivity contribution in [1.29, 1.82) is 0 Å². The third kappa shape index (κ3) is 3.58. The van der Waals surface area contributed by atoms with Crippen molar-refractivity contribution in [2.24, 2.45) is 0 Å². The quantitative estimate of drug-likeness (QED) is 0.585. The fourth-order valence-electron chi connectivity index (χ4n) is 1.78. The van der Waals surface area contributed by atoms with E-state index in [-0.39, 0.29) is 0 Å². The Morgan fingerprint density at radius 1 is 1.30 bits per heavy atom. The molecular weight excluding hydrogens is 274 g/mol. The molecule has 104 valence electrons. The molecule has 1 aromatic carbocycles. The zero-order valence-electron chi connectivity index (χ0n) is 11.3. The molecule has 20 heavy (non-hydrogen) atoms. The fourth-order valence-corrected chi connectivity index (χ4v) is 2.02. The first-order valence-electron chi connectivity index (χ1n) is 6.59. The molecule has 1 aromatic heterocycles. The highest BCUT2D eigenvalue weighted by Gasteiger charge is 2.06. The van der Waals surface area contributed by atoms with Gasteiger partial charge >= 0.3 is 0 Å². The van der Waals surface area contributed by atoms with E-state index in [2.05, 4.69) is 11.9 Å². The second-order valence-electron chi connectivity index (χ2n) is 4.41. The van der Waals surface area contributed by atoms with Crippen LogP contribution in [0.4, 0.5) is 0 Å². The van der Waals surface area contributed by atoms with Crippen LogP contribution < -0.4 is 4.74 Å². The smallest absolute Gasteiger partial charge is 0.168 e. The largest absolute Gasteiger partial charge is 0.492 e. The maximum Gasteiger partial charge on any atom is 0.168 e. The van der Waals surface area contributed by atoms with E-state index in [1.165, 1.54) is 0 Å². The Morgan fingerprint density at radius 2 is 2.15 bits per heavy atom. The van der Waals surface area contributed by atoms with Crippen LogP contribution in [0.2, 0.25) is 5.02 Å². The van der Waals surface area contributed by atoms with Crippen LogP contribution in [0.1, 0.15) is 30.3 Å². The number of rotatable bonds is 6. The SMILES string of the molecule is CCCCOc1ccc(-c2cccc(C=O)n2)cc1Cl. The Balaban J connectivity index is 2.21. The molecule has 0 fully saturated rings. The number of pyridine rings is 1. The number of aromatic nitrogens is 1. The summed E-state index contributed by atoms with van der Waals surface area (Å²) >= 11 is 6.21. The summed E-state index contributed by atoms with van der Waals surface area (Å²) in [6.07, 6.45) is 2.81. The summed E-state index contributed by atoms with van der Waals surface area (Å²) in [6, 6.07) is 10.8. The highest BCUT2D eigenvalue weighted by Crippen LogP contribution is 2.29. The molecule has 0 N–H and O–H groups in total. The summed E-state index contributed by atoms with van der Waals surface area (Å²) in [5.74, 6) is 0.676. The minimum atomic E-state index is 0.405. The van der Waals surface area contributed by atoms with Gasteiger partial charge in [0.15, 0.2) is 6.29 Å². The topological polar surface area (TPSA) is 39.2 Å². The zero-order chi connectivity index (χ0) is 14.4. The summed E-state index contributed by atoms with van der Waals surface area (Å²) in [7, 11) is 0. The third-order valence-corrected chi connectivity index (χ3v) is 3.17. The van der Waals surface area contributed by atoms with Crippen molar-refractivity contribution < 1.29 is 9.53 Å². The molecule has 0 saturated heterocycles. The van der Waals surface area contributed by atoms with Gasteiger partial charge in [-0.25, -0.2) is 4.98 Å². The molecule has 0 bridgehead atoms. The molecule has 1 heterocycles. The number of carbonyl (C=O) groups is 1. The molecule has 0 saturated carbocycles. The number of aldehydes is 1. The van der Waals surface area contributed by atoms with Gasteiger partial charge in [0.25, 0.3) is 0 Å². The van der Waals surface area contributed by atoms with Crippen molar-refractivity contribution >= 4 is 17.9 Å². The van der Waals surface area contributed by atoms with E-state index in [1.54, 1.807) is 18.2 Å². The van der Waals surface area contributed by atoms with Crippen LogP contribution in [0, 0.1) is 0 Å². The van der Waals surface area contributed by atoms with Crippen molar-refractivity contribution in [3.63, 3.8) is 0 Å². The number of hydrogen-bond donors (Lipinski definition) is 0. The summed E-state index contributed by atoms with van der Waals surface area (Å²) in [5.41, 5.74) is 1.99. The maximum atomic E-state index is 10.7. The van der Waals surface area contributed by atoms with E-state index < -0.39 is 0 Å². The van der Waals surface area contributed by atoms with E-state index in [4.69, 9.17) is 16.3 Å². The lowest BCUT2D eigenvalue weighted by Crippen LogP contribution is -1.97. The molecule has 0 aliphatic carbocycles. The van der Waals surface area contributed by atoms with Crippen molar-refractivity contribution in [3.05, 3.63) is 47.1 Å². The number of halogens is 1. The van der Waals surface area contributed by atoms with Crippen molar-refractivity contribution in [1.82, 2.24) is 4.98 Å². The maximum absolute atomic E-state index is 10.7. The molecule has 0 aliphatic rings. The van der Waals surface area contributed by atoms with Crippen LogP contribution in [-0.2, 0) is 0 Å². The first-order valence-corrected chi connectivity index (χ1v) is 6.97. The van der Waals surface area contributed by atoms with Crippen LogP contribution >= 0.6 is 11.6 Å². The Kier molecular flexibility index (Phi) is 5.13. The van der Waals surface area contributed by atoms with Crippen molar-refractivity contribution in [3.8, 4) is 17.0 Å². The van der Waals surface area contributed by atoms with Gasteiger partial charge in [0.1, 0.15) is 11.4 Å². The number of hydrogen-bond acceptors (Lipinski definition) is 3. The third-order valence-electron chi connectivity index (χ3n) is 2.87. The van der Waals surface area contributed by atoms with Gasteiger partial charge < -0.3 is 4.74 Å². The van der Waals surface area contributed by atoms with Gasteiger partial charge in [0, 0.05) is 5.56 Å². The number of nitrogens with zero attached hydrogens (tertiary/aromatic N) is 1. The fraction of sp³-hybridized carbons (Fsp3) is 0.250. The first kappa shape index (κ1) is 14.5. The van der Waals surface area contributed by atoms with Gasteiger partial charge in [0.2, 0.25) is 0 Å². The normalized spacial score (nSPS) is 10.3. The van der Waals surface area contributed by atoms with E-state index in [0.29, 0.717) is 23.1 Å². The Labute approximate surface area is 123 Å². The molecule has 0 spiro atoms. The molecule has 4 heteroatoms. The minimum Gasteiger partial charge on any atom is -0.492 e. The highest BCUT2D eigenvalue weighted by atomic mass is 35.5. The lowest BCUT2D eigenvalue weighted by atomic mass is 10.1. The minimum absolute atomic E-state index is 0.405. The summed E-state index contributed by atoms with van der Waals surface area (Å²) in [4.78, 5) is 15.0. The highest BCUT2D eigenvalue weighted by molar-refractivity contribution is 6.32. The summed E-state index contributed by atoms with van der Waals surface area (Å²) in [6.45, 7) is 2.77. The predicted molar refractivity (Wildman–Crippen MR) is 80.5 cm³/mol. The zero-order valence-corrected chi connectivity index (χ0v) is 12.1. The molecule has 2 rings (SSSR count). The van der Waals surface area contributed by atoms with Gasteiger partial charge in [-0.3, -0.25) is 4.79 Å². The van der Waals surface area contributed by atoms with Gasteiger partial charge in [0.05, 0.1) is 17.3 Å². The molecule has 0 unspecified atom stereocenters. The van der Waals surface area contributed by atoms with Gasteiger partial charge in [-0.1, -0.05) is 31.0 Å². The first-order chi connectivity index (χ1) is 9.74. The van der Waals surface area contributed by atoms with E-state index >= 15 is 0 Å². The Bertz CT molecular complexity index is 599. The van der Waals surface area contributed by atoms with Gasteiger partial charge in [-0.2, -0.15) is 0 Å². The van der Waals surface area contributed by atoms with E-state index in [0.717, 1.165) is 30.4 Å². The average Bonchev–Trinajstić information content (AvgIpc) is 2.49. The van der Waals surface area contributed by atoms with E-state index in [1.807, 2.05) is 18.2 Å². The number of unbranched alkanes of at least 4 members (excludes halogenated alkanes) is 1. The molecule has 3 nitrogen and oxygen atoms in total. The number of carbonyl (C=O) groups excluding carboxylic acids is 1. The molecule has 0 amide bonds. The van der Waals surface area contributed by atoms with Crippen molar-refractivity contribution in [2.45, 2.75) is 19.8 Å². The molecular formula is C16H16ClNO2. The van der Waals surface area contributed by atoms with Crippen molar-refractivity contribution in [2.75, 3.05) is 6.61 Å².